The minimum atomic E-state index is -4.14. The predicted octanol–water partition coefficient (Wildman–Crippen LogP) is 2.30. The normalized spacial score (nSPS) is 18.0. The summed E-state index contributed by atoms with van der Waals surface area (Å²) in [7, 11) is -4.14. The number of thioether (sulfide) groups is 3. The van der Waals surface area contributed by atoms with Gasteiger partial charge in [0, 0.05) is 45.0 Å². The molecule has 3 heterocycles. The van der Waals surface area contributed by atoms with Crippen molar-refractivity contribution in [2.24, 2.45) is 0 Å². The predicted molar refractivity (Wildman–Crippen MR) is 168 cm³/mol. The number of aliphatic carboxylic acids is 1. The SMILES string of the molecule is O=C(CC[n+]1ccc(SCC2=C(C(=O)O)N3C(=O)[C@@H](NC(=O)CSc4cc(Cl)ccc4Cl)[C@H]3SC2)cc1)NCCS(=O)(=O)O. The number of amides is 3. The fraction of sp³-hybridized carbons (Fsp3) is 0.346. The van der Waals surface area contributed by atoms with Gasteiger partial charge in [-0.1, -0.05) is 23.2 Å². The maximum atomic E-state index is 13.0. The van der Waals surface area contributed by atoms with Crippen molar-refractivity contribution in [3.63, 3.8) is 0 Å². The molecule has 3 amide bonds. The van der Waals surface area contributed by atoms with Crippen molar-refractivity contribution in [2.75, 3.05) is 29.6 Å². The van der Waals surface area contributed by atoms with Gasteiger partial charge in [-0.05, 0) is 23.8 Å². The standard InChI is InChI=1S/C26H26Cl2N4O8S4/c27-16-1-2-18(28)19(11-16)42-14-21(34)30-22-24(35)32-23(26(36)37)15(13-43-25(22)32)12-41-17-3-7-31(8-4-17)9-5-20(33)29-6-10-44(38,39)40/h1-4,7-8,11,22,25H,5-6,9-10,12-14H2,(H3-,29,30,33,34,36,37,38,39,40)/p+1/t22-,25-/m1/s1. The molecule has 0 bridgehead atoms. The van der Waals surface area contributed by atoms with Crippen LogP contribution >= 0.6 is 58.5 Å². The summed E-state index contributed by atoms with van der Waals surface area (Å²) in [5.74, 6) is -2.27. The van der Waals surface area contributed by atoms with Gasteiger partial charge >= 0.3 is 5.97 Å². The Bertz CT molecular complexity index is 1590. The Morgan fingerprint density at radius 3 is 2.52 bits per heavy atom. The first kappa shape index (κ1) is 34.4. The molecule has 1 aromatic carbocycles. The first-order valence-corrected chi connectivity index (χ1v) is 18.3. The average Bonchev–Trinajstić information content (AvgIpc) is 2.97. The number of nitrogens with one attached hydrogen (secondary N) is 2. The topological polar surface area (TPSA) is 174 Å². The fourth-order valence-corrected chi connectivity index (χ4v) is 8.27. The molecule has 0 radical (unpaired) electrons. The van der Waals surface area contributed by atoms with E-state index < -0.39 is 39.2 Å². The molecule has 0 aliphatic carbocycles. The number of hydrogen-bond acceptors (Lipinski definition) is 9. The van der Waals surface area contributed by atoms with Gasteiger partial charge < -0.3 is 15.7 Å². The molecule has 0 spiro atoms. The van der Waals surface area contributed by atoms with Crippen molar-refractivity contribution in [1.82, 2.24) is 15.5 Å². The number of carboxylic acid groups (broad SMARTS) is 1. The summed E-state index contributed by atoms with van der Waals surface area (Å²) in [5.41, 5.74) is 0.522. The van der Waals surface area contributed by atoms with Gasteiger partial charge in [0.05, 0.1) is 22.9 Å². The van der Waals surface area contributed by atoms with Crippen molar-refractivity contribution in [1.29, 1.82) is 0 Å². The van der Waals surface area contributed by atoms with E-state index in [0.717, 1.165) is 4.90 Å². The van der Waals surface area contributed by atoms with E-state index in [1.54, 1.807) is 35.2 Å². The lowest BCUT2D eigenvalue weighted by Crippen LogP contribution is -2.70. The van der Waals surface area contributed by atoms with Gasteiger partial charge in [0.2, 0.25) is 11.8 Å². The molecular formula is C26H27Cl2N4O8S4+. The molecule has 2 aromatic rings. The lowest BCUT2D eigenvalue weighted by Gasteiger charge is -2.49. The van der Waals surface area contributed by atoms with Crippen LogP contribution < -0.4 is 15.2 Å². The second-order valence-electron chi connectivity index (χ2n) is 9.52. The molecule has 236 valence electrons. The zero-order valence-corrected chi connectivity index (χ0v) is 27.6. The third-order valence-electron chi connectivity index (χ3n) is 6.37. The summed E-state index contributed by atoms with van der Waals surface area (Å²) < 4.78 is 31.9. The molecular weight excluding hydrogens is 695 g/mol. The Balaban J connectivity index is 1.28. The van der Waals surface area contributed by atoms with Gasteiger partial charge in [-0.3, -0.25) is 23.8 Å². The van der Waals surface area contributed by atoms with Gasteiger partial charge in [0.1, 0.15) is 17.1 Å². The number of fused-ring (bicyclic) bond motifs is 1. The van der Waals surface area contributed by atoms with E-state index in [1.165, 1.54) is 40.2 Å². The van der Waals surface area contributed by atoms with Crippen LogP contribution in [0.3, 0.4) is 0 Å². The minimum Gasteiger partial charge on any atom is -0.477 e. The number of aromatic nitrogens is 1. The molecule has 1 fully saturated rings. The Labute approximate surface area is 276 Å². The number of carboxylic acids is 1. The van der Waals surface area contributed by atoms with E-state index in [1.807, 2.05) is 12.1 Å². The lowest BCUT2D eigenvalue weighted by atomic mass is 10.0. The fourth-order valence-electron chi connectivity index (χ4n) is 4.24. The van der Waals surface area contributed by atoms with Crippen LogP contribution in [0.15, 0.2) is 63.8 Å². The van der Waals surface area contributed by atoms with Gasteiger partial charge in [0.15, 0.2) is 18.9 Å². The van der Waals surface area contributed by atoms with Crippen LogP contribution in [0.5, 0.6) is 0 Å². The number of carbonyl (C=O) groups is 4. The van der Waals surface area contributed by atoms with Crippen LogP contribution in [0.4, 0.5) is 0 Å². The highest BCUT2D eigenvalue weighted by Crippen LogP contribution is 2.41. The number of benzene rings is 1. The van der Waals surface area contributed by atoms with Crippen molar-refractivity contribution in [2.45, 2.75) is 34.2 Å². The molecule has 2 aliphatic rings. The van der Waals surface area contributed by atoms with Gasteiger partial charge in [-0.25, -0.2) is 9.36 Å². The molecule has 1 aromatic heterocycles. The third kappa shape index (κ3) is 9.28. The van der Waals surface area contributed by atoms with Crippen molar-refractivity contribution in [3.8, 4) is 0 Å². The van der Waals surface area contributed by atoms with Crippen molar-refractivity contribution < 1.29 is 41.8 Å². The molecule has 4 N–H and O–H groups in total. The highest BCUT2D eigenvalue weighted by atomic mass is 35.5. The number of carbonyl (C=O) groups excluding carboxylic acids is 3. The largest absolute Gasteiger partial charge is 0.477 e. The van der Waals surface area contributed by atoms with E-state index in [-0.39, 0.29) is 36.2 Å². The number of nitrogens with zero attached hydrogens (tertiary/aromatic N) is 2. The summed E-state index contributed by atoms with van der Waals surface area (Å²) in [6.45, 7) is 0.167. The molecule has 0 unspecified atom stereocenters. The number of hydrogen-bond donors (Lipinski definition) is 4. The Morgan fingerprint density at radius 1 is 1.11 bits per heavy atom. The zero-order chi connectivity index (χ0) is 32.0. The molecule has 1 saturated heterocycles. The van der Waals surface area contributed by atoms with Crippen LogP contribution in [0.2, 0.25) is 10.0 Å². The van der Waals surface area contributed by atoms with Gasteiger partial charge in [-0.15, -0.1) is 35.3 Å². The highest BCUT2D eigenvalue weighted by Gasteiger charge is 2.54. The second kappa shape index (κ2) is 15.2. The maximum Gasteiger partial charge on any atom is 0.352 e. The van der Waals surface area contributed by atoms with Crippen LogP contribution in [-0.4, -0.2) is 87.6 Å². The van der Waals surface area contributed by atoms with E-state index in [9.17, 15) is 32.7 Å². The maximum absolute atomic E-state index is 13.0. The first-order chi connectivity index (χ1) is 20.8. The zero-order valence-electron chi connectivity index (χ0n) is 22.8. The van der Waals surface area contributed by atoms with Gasteiger partial charge in [0.25, 0.3) is 16.0 Å². The molecule has 2 atom stereocenters. The molecule has 4 rings (SSSR count). The van der Waals surface area contributed by atoms with Crippen LogP contribution in [0.1, 0.15) is 6.42 Å². The lowest BCUT2D eigenvalue weighted by molar-refractivity contribution is -0.696. The van der Waals surface area contributed by atoms with E-state index in [4.69, 9.17) is 27.8 Å². The molecule has 44 heavy (non-hydrogen) atoms. The van der Waals surface area contributed by atoms with Crippen LogP contribution in [-0.2, 0) is 35.8 Å². The monoisotopic (exact) mass is 721 g/mol. The number of halogens is 2. The smallest absolute Gasteiger partial charge is 0.352 e. The quantitative estimate of drug-likeness (QED) is 0.0976. The van der Waals surface area contributed by atoms with Crippen molar-refractivity contribution in [3.05, 3.63) is 64.0 Å². The Hall–Kier alpha value is -2.47. The van der Waals surface area contributed by atoms with E-state index >= 15 is 0 Å². The van der Waals surface area contributed by atoms with E-state index in [2.05, 4.69) is 10.6 Å². The van der Waals surface area contributed by atoms with Gasteiger partial charge in [-0.2, -0.15) is 8.42 Å². The second-order valence-corrected chi connectivity index (χ2v) is 15.1. The third-order valence-corrected chi connectivity index (χ3v) is 11.3. The van der Waals surface area contributed by atoms with Crippen LogP contribution in [0, 0.1) is 0 Å². The molecule has 12 nitrogen and oxygen atoms in total. The van der Waals surface area contributed by atoms with E-state index in [0.29, 0.717) is 38.6 Å². The molecule has 18 heteroatoms. The summed E-state index contributed by atoms with van der Waals surface area (Å²) >= 11 is 16.1. The minimum absolute atomic E-state index is 0.00602. The number of β-lactam (4-membered cyclic amide) rings is 1. The number of pyridine rings is 1. The summed E-state index contributed by atoms with van der Waals surface area (Å²) in [4.78, 5) is 52.3. The average molecular weight is 723 g/mol. The first-order valence-electron chi connectivity index (χ1n) is 12.9. The van der Waals surface area contributed by atoms with Crippen LogP contribution in [0.25, 0.3) is 0 Å². The Morgan fingerprint density at radius 2 is 1.84 bits per heavy atom. The highest BCUT2D eigenvalue weighted by molar-refractivity contribution is 8.01. The summed E-state index contributed by atoms with van der Waals surface area (Å²) in [5, 5.41) is 15.5. The number of aryl methyl sites for hydroxylation is 1. The summed E-state index contributed by atoms with van der Waals surface area (Å²) in [6.07, 6.45) is 3.63. The Kier molecular flexibility index (Phi) is 11.9. The molecule has 0 saturated carbocycles. The molecule has 2 aliphatic heterocycles. The van der Waals surface area contributed by atoms with Crippen molar-refractivity contribution >= 4 is 92.3 Å². The number of rotatable bonds is 14. The summed E-state index contributed by atoms with van der Waals surface area (Å²) in [6, 6.07) is 7.72.